The fourth-order valence-corrected chi connectivity index (χ4v) is 4.31. The van der Waals surface area contributed by atoms with Crippen LogP contribution in [0.5, 0.6) is 0 Å². The summed E-state index contributed by atoms with van der Waals surface area (Å²) in [6.07, 6.45) is 4.29. The number of nitrogens with one attached hydrogen (secondary N) is 1. The molecule has 1 heterocycles. The van der Waals surface area contributed by atoms with Crippen molar-refractivity contribution in [1.82, 2.24) is 4.90 Å². The molecule has 0 radical (unpaired) electrons. The molecule has 1 fully saturated rings. The van der Waals surface area contributed by atoms with Gasteiger partial charge in [-0.25, -0.2) is 0 Å². The first kappa shape index (κ1) is 21.2. The van der Waals surface area contributed by atoms with Gasteiger partial charge in [-0.3, -0.25) is 13.8 Å². The number of carbonyl (C=O) groups is 2. The summed E-state index contributed by atoms with van der Waals surface area (Å²) < 4.78 is 11.4. The van der Waals surface area contributed by atoms with Crippen LogP contribution < -0.4 is 5.32 Å². The number of amides is 2. The second kappa shape index (κ2) is 10.3. The molecule has 1 aliphatic rings. The number of benzene rings is 2. The van der Waals surface area contributed by atoms with Crippen LogP contribution in [0.3, 0.4) is 0 Å². The molecule has 5 nitrogen and oxygen atoms in total. The van der Waals surface area contributed by atoms with Crippen molar-refractivity contribution in [2.45, 2.75) is 31.4 Å². The maximum atomic E-state index is 12.6. The quantitative estimate of drug-likeness (QED) is 0.758. The highest BCUT2D eigenvalue weighted by atomic mass is 32.2. The number of likely N-dealkylation sites (tertiary alicyclic amines) is 1. The van der Waals surface area contributed by atoms with E-state index in [9.17, 15) is 13.8 Å². The molecule has 3 rings (SSSR count). The van der Waals surface area contributed by atoms with Gasteiger partial charge in [-0.05, 0) is 42.5 Å². The summed E-state index contributed by atoms with van der Waals surface area (Å²) in [5.41, 5.74) is 2.85. The van der Waals surface area contributed by atoms with Gasteiger partial charge >= 0.3 is 0 Å². The molecule has 6 heteroatoms. The van der Waals surface area contributed by atoms with Crippen LogP contribution in [0.2, 0.25) is 0 Å². The minimum absolute atomic E-state index is 0.00356. The third kappa shape index (κ3) is 6.53. The molecular weight excluding hydrogens is 384 g/mol. The van der Waals surface area contributed by atoms with E-state index >= 15 is 0 Å². The van der Waals surface area contributed by atoms with E-state index in [4.69, 9.17) is 0 Å². The molecule has 1 N–H and O–H groups in total. The second-order valence-corrected chi connectivity index (χ2v) is 8.98. The average molecular weight is 413 g/mol. The SMILES string of the molecule is CS(=O)Cc1cccc(NC(=O)C2CCN(C(=O)CCc3ccccc3)CC2)c1. The molecule has 0 saturated carbocycles. The third-order valence-corrected chi connectivity index (χ3v) is 5.99. The van der Waals surface area contributed by atoms with Crippen molar-refractivity contribution in [2.75, 3.05) is 24.7 Å². The predicted molar refractivity (Wildman–Crippen MR) is 117 cm³/mol. The predicted octanol–water partition coefficient (Wildman–Crippen LogP) is 3.38. The molecule has 2 aromatic rings. The summed E-state index contributed by atoms with van der Waals surface area (Å²) >= 11 is 0. The van der Waals surface area contributed by atoms with E-state index < -0.39 is 10.8 Å². The van der Waals surface area contributed by atoms with E-state index in [0.29, 0.717) is 38.1 Å². The molecule has 1 atom stereocenters. The van der Waals surface area contributed by atoms with Crippen LogP contribution in [0.15, 0.2) is 54.6 Å². The van der Waals surface area contributed by atoms with Crippen LogP contribution >= 0.6 is 0 Å². The lowest BCUT2D eigenvalue weighted by Crippen LogP contribution is -2.41. The minimum Gasteiger partial charge on any atom is -0.343 e. The van der Waals surface area contributed by atoms with Gasteiger partial charge in [-0.2, -0.15) is 0 Å². The molecule has 2 aromatic carbocycles. The molecule has 1 unspecified atom stereocenters. The van der Waals surface area contributed by atoms with E-state index in [0.717, 1.165) is 17.7 Å². The maximum Gasteiger partial charge on any atom is 0.227 e. The second-order valence-electron chi connectivity index (χ2n) is 7.55. The van der Waals surface area contributed by atoms with Crippen LogP contribution in [0.25, 0.3) is 0 Å². The van der Waals surface area contributed by atoms with Crippen LogP contribution in [-0.2, 0) is 32.6 Å². The zero-order chi connectivity index (χ0) is 20.6. The zero-order valence-corrected chi connectivity index (χ0v) is 17.6. The van der Waals surface area contributed by atoms with Gasteiger partial charge < -0.3 is 10.2 Å². The minimum atomic E-state index is -0.915. The molecule has 0 aromatic heterocycles. The summed E-state index contributed by atoms with van der Waals surface area (Å²) in [7, 11) is -0.915. The van der Waals surface area contributed by atoms with Crippen LogP contribution in [0, 0.1) is 5.92 Å². The number of nitrogens with zero attached hydrogens (tertiary/aromatic N) is 1. The highest BCUT2D eigenvalue weighted by Gasteiger charge is 2.27. The Morgan fingerprint density at radius 1 is 1.03 bits per heavy atom. The van der Waals surface area contributed by atoms with E-state index in [1.54, 1.807) is 6.26 Å². The van der Waals surface area contributed by atoms with Crippen molar-refractivity contribution in [3.8, 4) is 0 Å². The van der Waals surface area contributed by atoms with Gasteiger partial charge in [-0.1, -0.05) is 42.5 Å². The summed E-state index contributed by atoms with van der Waals surface area (Å²) in [6, 6.07) is 17.5. The Balaban J connectivity index is 1.45. The molecule has 0 aliphatic carbocycles. The number of hydrogen-bond donors (Lipinski definition) is 1. The van der Waals surface area contributed by atoms with Crippen molar-refractivity contribution in [2.24, 2.45) is 5.92 Å². The Bertz CT molecular complexity index is 861. The molecule has 0 spiro atoms. The van der Waals surface area contributed by atoms with Crippen molar-refractivity contribution < 1.29 is 13.8 Å². The Kier molecular flexibility index (Phi) is 7.58. The molecule has 154 valence electrons. The lowest BCUT2D eigenvalue weighted by Gasteiger charge is -2.31. The van der Waals surface area contributed by atoms with E-state index in [-0.39, 0.29) is 17.7 Å². The van der Waals surface area contributed by atoms with Gasteiger partial charge in [0.2, 0.25) is 11.8 Å². The summed E-state index contributed by atoms with van der Waals surface area (Å²) in [5.74, 6) is 0.550. The lowest BCUT2D eigenvalue weighted by atomic mass is 9.95. The smallest absolute Gasteiger partial charge is 0.227 e. The van der Waals surface area contributed by atoms with Gasteiger partial charge in [0, 0.05) is 53.9 Å². The first-order valence-electron chi connectivity index (χ1n) is 10.0. The molecule has 2 amide bonds. The normalized spacial score (nSPS) is 15.7. The van der Waals surface area contributed by atoms with E-state index in [1.165, 1.54) is 5.56 Å². The monoisotopic (exact) mass is 412 g/mol. The fraction of sp³-hybridized carbons (Fsp3) is 0.391. The van der Waals surface area contributed by atoms with E-state index in [2.05, 4.69) is 5.32 Å². The maximum absolute atomic E-state index is 12.6. The van der Waals surface area contributed by atoms with Gasteiger partial charge in [0.05, 0.1) is 0 Å². The number of rotatable bonds is 7. The number of anilines is 1. The fourth-order valence-electron chi connectivity index (χ4n) is 3.66. The van der Waals surface area contributed by atoms with Gasteiger partial charge in [0.1, 0.15) is 0 Å². The van der Waals surface area contributed by atoms with Gasteiger partial charge in [0.15, 0.2) is 0 Å². The molecular formula is C23H28N2O3S. The topological polar surface area (TPSA) is 66.5 Å². The Labute approximate surface area is 175 Å². The van der Waals surface area contributed by atoms with Crippen LogP contribution in [-0.4, -0.2) is 40.3 Å². The van der Waals surface area contributed by atoms with Crippen molar-refractivity contribution in [3.63, 3.8) is 0 Å². The molecule has 0 bridgehead atoms. The number of hydrogen-bond acceptors (Lipinski definition) is 3. The standard InChI is InChI=1S/C23H28N2O3S/c1-29(28)17-19-8-5-9-21(16-19)24-23(27)20-12-14-25(15-13-20)22(26)11-10-18-6-3-2-4-7-18/h2-9,16,20H,10-15,17H2,1H3,(H,24,27). The first-order valence-corrected chi connectivity index (χ1v) is 11.8. The number of aryl methyl sites for hydroxylation is 1. The van der Waals surface area contributed by atoms with Crippen molar-refractivity contribution >= 4 is 28.3 Å². The zero-order valence-electron chi connectivity index (χ0n) is 16.8. The Morgan fingerprint density at radius 2 is 1.72 bits per heavy atom. The third-order valence-electron chi connectivity index (χ3n) is 5.25. The summed E-state index contributed by atoms with van der Waals surface area (Å²) in [4.78, 5) is 27.0. The van der Waals surface area contributed by atoms with Crippen molar-refractivity contribution in [3.05, 3.63) is 65.7 Å². The molecule has 1 saturated heterocycles. The van der Waals surface area contributed by atoms with Crippen LogP contribution in [0.4, 0.5) is 5.69 Å². The largest absolute Gasteiger partial charge is 0.343 e. The van der Waals surface area contributed by atoms with Crippen LogP contribution in [0.1, 0.15) is 30.4 Å². The molecule has 1 aliphatic heterocycles. The Morgan fingerprint density at radius 3 is 2.41 bits per heavy atom. The first-order chi connectivity index (χ1) is 14.0. The lowest BCUT2D eigenvalue weighted by molar-refractivity contribution is -0.134. The summed E-state index contributed by atoms with van der Waals surface area (Å²) in [5, 5.41) is 2.97. The summed E-state index contributed by atoms with van der Waals surface area (Å²) in [6.45, 7) is 1.25. The Hall–Kier alpha value is -2.47. The van der Waals surface area contributed by atoms with Crippen molar-refractivity contribution in [1.29, 1.82) is 0 Å². The molecule has 29 heavy (non-hydrogen) atoms. The number of carbonyl (C=O) groups excluding carboxylic acids is 2. The highest BCUT2D eigenvalue weighted by Crippen LogP contribution is 2.21. The number of piperidine rings is 1. The van der Waals surface area contributed by atoms with E-state index in [1.807, 2.05) is 59.5 Å². The highest BCUT2D eigenvalue weighted by molar-refractivity contribution is 7.83. The van der Waals surface area contributed by atoms with Gasteiger partial charge in [-0.15, -0.1) is 0 Å². The average Bonchev–Trinajstić information content (AvgIpc) is 2.72. The van der Waals surface area contributed by atoms with Gasteiger partial charge in [0.25, 0.3) is 0 Å².